The molecule has 1 saturated heterocycles. The number of anilines is 1. The topological polar surface area (TPSA) is 71.7 Å². The predicted molar refractivity (Wildman–Crippen MR) is 89.7 cm³/mol. The number of furan rings is 1. The summed E-state index contributed by atoms with van der Waals surface area (Å²) in [6.45, 7) is 1.20. The summed E-state index contributed by atoms with van der Waals surface area (Å²) < 4.78 is 11.0. The minimum Gasteiger partial charge on any atom is -0.471 e. The van der Waals surface area contributed by atoms with Crippen LogP contribution in [0.2, 0.25) is 0 Å². The third kappa shape index (κ3) is 3.92. The van der Waals surface area contributed by atoms with Crippen LogP contribution in [-0.4, -0.2) is 54.3 Å². The third-order valence-electron chi connectivity index (χ3n) is 3.76. The van der Waals surface area contributed by atoms with Crippen LogP contribution in [-0.2, 0) is 4.79 Å². The Hall–Kier alpha value is -2.83. The zero-order valence-corrected chi connectivity index (χ0v) is 13.8. The van der Waals surface area contributed by atoms with Crippen LogP contribution in [0, 0.1) is 0 Å². The summed E-state index contributed by atoms with van der Waals surface area (Å²) in [5, 5.41) is 8.14. The Labute approximate surface area is 140 Å². The number of rotatable bonds is 5. The number of hydrogen-bond donors (Lipinski definition) is 0. The average Bonchev–Trinajstić information content (AvgIpc) is 3.25. The molecule has 2 aromatic rings. The molecule has 1 aliphatic heterocycles. The summed E-state index contributed by atoms with van der Waals surface area (Å²) in [4.78, 5) is 15.8. The molecule has 7 heteroatoms. The van der Waals surface area contributed by atoms with E-state index in [4.69, 9.17) is 9.15 Å². The third-order valence-corrected chi connectivity index (χ3v) is 3.76. The highest BCUT2D eigenvalue weighted by Gasteiger charge is 2.26. The molecule has 2 aromatic heterocycles. The van der Waals surface area contributed by atoms with Crippen molar-refractivity contribution in [3.8, 4) is 5.88 Å². The molecule has 0 spiro atoms. The van der Waals surface area contributed by atoms with Crippen molar-refractivity contribution in [2.75, 3.05) is 32.1 Å². The number of hydrogen-bond acceptors (Lipinski definition) is 6. The number of carbonyl (C=O) groups excluding carboxylic acids is 1. The van der Waals surface area contributed by atoms with Crippen LogP contribution in [0.1, 0.15) is 12.2 Å². The van der Waals surface area contributed by atoms with Crippen molar-refractivity contribution in [3.05, 3.63) is 42.4 Å². The van der Waals surface area contributed by atoms with Gasteiger partial charge in [-0.25, -0.2) is 0 Å². The monoisotopic (exact) mass is 328 g/mol. The molecular formula is C17H20N4O3. The first-order valence-corrected chi connectivity index (χ1v) is 7.80. The highest BCUT2D eigenvalue weighted by atomic mass is 16.5. The van der Waals surface area contributed by atoms with Gasteiger partial charge in [0.15, 0.2) is 5.82 Å². The first-order valence-electron chi connectivity index (χ1n) is 7.80. The molecule has 1 amide bonds. The molecule has 0 aliphatic carbocycles. The van der Waals surface area contributed by atoms with E-state index in [9.17, 15) is 4.79 Å². The normalized spacial score (nSPS) is 17.4. The van der Waals surface area contributed by atoms with Crippen LogP contribution >= 0.6 is 0 Å². The fourth-order valence-electron chi connectivity index (χ4n) is 2.45. The summed E-state index contributed by atoms with van der Waals surface area (Å²) in [6.07, 6.45) is 5.48. The van der Waals surface area contributed by atoms with E-state index in [1.54, 1.807) is 35.4 Å². The van der Waals surface area contributed by atoms with Crippen LogP contribution < -0.4 is 9.64 Å². The Balaban J connectivity index is 1.52. The highest BCUT2D eigenvalue weighted by Crippen LogP contribution is 2.18. The molecule has 1 aliphatic rings. The van der Waals surface area contributed by atoms with E-state index in [1.807, 2.05) is 25.1 Å². The average molecular weight is 328 g/mol. The zero-order valence-electron chi connectivity index (χ0n) is 13.8. The van der Waals surface area contributed by atoms with Crippen LogP contribution in [0.25, 0.3) is 6.08 Å². The second-order valence-corrected chi connectivity index (χ2v) is 5.79. The molecule has 1 atom stereocenters. The molecule has 0 N–H and O–H groups in total. The van der Waals surface area contributed by atoms with Gasteiger partial charge < -0.3 is 19.0 Å². The van der Waals surface area contributed by atoms with E-state index in [0.717, 1.165) is 12.2 Å². The first kappa shape index (κ1) is 16.0. The Bertz CT molecular complexity index is 695. The van der Waals surface area contributed by atoms with E-state index in [2.05, 4.69) is 10.2 Å². The van der Waals surface area contributed by atoms with Gasteiger partial charge in [0, 0.05) is 39.2 Å². The van der Waals surface area contributed by atoms with Gasteiger partial charge in [0.05, 0.1) is 12.8 Å². The summed E-state index contributed by atoms with van der Waals surface area (Å²) in [5.74, 6) is 1.86. The Morgan fingerprint density at radius 1 is 1.38 bits per heavy atom. The number of aromatic nitrogens is 2. The van der Waals surface area contributed by atoms with E-state index >= 15 is 0 Å². The Morgan fingerprint density at radius 3 is 2.92 bits per heavy atom. The summed E-state index contributed by atoms with van der Waals surface area (Å²) >= 11 is 0. The fourth-order valence-corrected chi connectivity index (χ4v) is 2.45. The van der Waals surface area contributed by atoms with Gasteiger partial charge in [-0.1, -0.05) is 0 Å². The molecule has 3 heterocycles. The lowest BCUT2D eigenvalue weighted by Crippen LogP contribution is -2.29. The standard InChI is InChI=1S/C17H20N4O3/c1-20(2)15-6-7-16(19-18-15)24-14-9-10-21(12-14)17(22)8-5-13-4-3-11-23-13/h3-8,11,14H,9-10,12H2,1-2H3/b8-5+/t14-/m0/s1. The number of ether oxygens (including phenoxy) is 1. The van der Waals surface area contributed by atoms with Crippen molar-refractivity contribution >= 4 is 17.8 Å². The lowest BCUT2D eigenvalue weighted by atomic mass is 10.3. The van der Waals surface area contributed by atoms with Crippen LogP contribution in [0.4, 0.5) is 5.82 Å². The summed E-state index contributed by atoms with van der Waals surface area (Å²) in [5.41, 5.74) is 0. The quantitative estimate of drug-likeness (QED) is 0.780. The maximum Gasteiger partial charge on any atom is 0.246 e. The van der Waals surface area contributed by atoms with Gasteiger partial charge in [0.1, 0.15) is 11.9 Å². The van der Waals surface area contributed by atoms with Gasteiger partial charge in [-0.2, -0.15) is 0 Å². The van der Waals surface area contributed by atoms with E-state index < -0.39 is 0 Å². The predicted octanol–water partition coefficient (Wildman–Crippen LogP) is 1.83. The molecule has 0 bridgehead atoms. The number of carbonyl (C=O) groups is 1. The SMILES string of the molecule is CN(C)c1ccc(O[C@H]2CCN(C(=O)/C=C/c3ccco3)C2)nn1. The molecule has 0 radical (unpaired) electrons. The molecule has 0 aromatic carbocycles. The van der Waals surface area contributed by atoms with Crippen LogP contribution in [0.3, 0.4) is 0 Å². The van der Waals surface area contributed by atoms with E-state index in [0.29, 0.717) is 24.7 Å². The minimum atomic E-state index is -0.0644. The molecule has 1 fully saturated rings. The molecule has 0 saturated carbocycles. The van der Waals surface area contributed by atoms with Crippen molar-refractivity contribution in [2.45, 2.75) is 12.5 Å². The first-order chi connectivity index (χ1) is 11.6. The summed E-state index contributed by atoms with van der Waals surface area (Å²) in [7, 11) is 3.81. The smallest absolute Gasteiger partial charge is 0.246 e. The molecular weight excluding hydrogens is 308 g/mol. The molecule has 7 nitrogen and oxygen atoms in total. The maximum absolute atomic E-state index is 12.2. The molecule has 126 valence electrons. The van der Waals surface area contributed by atoms with Gasteiger partial charge in [-0.3, -0.25) is 4.79 Å². The van der Waals surface area contributed by atoms with Gasteiger partial charge in [0.2, 0.25) is 11.8 Å². The molecule has 0 unspecified atom stereocenters. The van der Waals surface area contributed by atoms with Gasteiger partial charge >= 0.3 is 0 Å². The van der Waals surface area contributed by atoms with E-state index in [1.165, 1.54) is 6.08 Å². The number of amides is 1. The second kappa shape index (κ2) is 7.16. The Kier molecular flexibility index (Phi) is 4.79. The lowest BCUT2D eigenvalue weighted by molar-refractivity contribution is -0.125. The van der Waals surface area contributed by atoms with E-state index in [-0.39, 0.29) is 12.0 Å². The second-order valence-electron chi connectivity index (χ2n) is 5.79. The van der Waals surface area contributed by atoms with Gasteiger partial charge in [-0.15, -0.1) is 10.2 Å². The minimum absolute atomic E-state index is 0.0495. The number of nitrogens with zero attached hydrogens (tertiary/aromatic N) is 4. The van der Waals surface area contributed by atoms with Crippen molar-refractivity contribution < 1.29 is 13.9 Å². The van der Waals surface area contributed by atoms with Crippen molar-refractivity contribution in [1.29, 1.82) is 0 Å². The maximum atomic E-state index is 12.2. The lowest BCUT2D eigenvalue weighted by Gasteiger charge is -2.15. The zero-order chi connectivity index (χ0) is 16.9. The molecule has 3 rings (SSSR count). The van der Waals surface area contributed by atoms with Crippen molar-refractivity contribution in [2.24, 2.45) is 0 Å². The largest absolute Gasteiger partial charge is 0.471 e. The van der Waals surface area contributed by atoms with Gasteiger partial charge in [0.25, 0.3) is 0 Å². The highest BCUT2D eigenvalue weighted by molar-refractivity contribution is 5.91. The Morgan fingerprint density at radius 2 is 2.25 bits per heavy atom. The molecule has 24 heavy (non-hydrogen) atoms. The summed E-state index contributed by atoms with van der Waals surface area (Å²) in [6, 6.07) is 7.23. The van der Waals surface area contributed by atoms with Crippen LogP contribution in [0.5, 0.6) is 5.88 Å². The van der Waals surface area contributed by atoms with Crippen molar-refractivity contribution in [3.63, 3.8) is 0 Å². The van der Waals surface area contributed by atoms with Gasteiger partial charge in [-0.05, 0) is 24.3 Å². The van der Waals surface area contributed by atoms with Crippen LogP contribution in [0.15, 0.2) is 41.0 Å². The fraction of sp³-hybridized carbons (Fsp3) is 0.353. The number of likely N-dealkylation sites (tertiary alicyclic amines) is 1. The van der Waals surface area contributed by atoms with Crippen molar-refractivity contribution in [1.82, 2.24) is 15.1 Å².